The van der Waals surface area contributed by atoms with Crippen molar-refractivity contribution in [3.63, 3.8) is 0 Å². The fraction of sp³-hybridized carbons (Fsp3) is 0.412. The zero-order chi connectivity index (χ0) is 16.2. The van der Waals surface area contributed by atoms with E-state index < -0.39 is 0 Å². The number of carbonyl (C=O) groups is 1. The van der Waals surface area contributed by atoms with Gasteiger partial charge in [-0.3, -0.25) is 4.79 Å². The Bertz CT molecular complexity index is 663. The first-order valence-electron chi connectivity index (χ1n) is 7.85. The number of halogens is 1. The molecule has 1 aliphatic rings. The van der Waals surface area contributed by atoms with E-state index in [1.807, 2.05) is 29.2 Å². The van der Waals surface area contributed by atoms with Gasteiger partial charge in [0, 0.05) is 35.4 Å². The van der Waals surface area contributed by atoms with Gasteiger partial charge in [-0.15, -0.1) is 11.3 Å². The molecule has 2 heterocycles. The number of aromatic nitrogens is 1. The van der Waals surface area contributed by atoms with Gasteiger partial charge in [-0.25, -0.2) is 4.98 Å². The van der Waals surface area contributed by atoms with Crippen LogP contribution in [0.3, 0.4) is 0 Å². The Labute approximate surface area is 145 Å². The normalized spacial score (nSPS) is 15.7. The molecule has 122 valence electrons. The summed E-state index contributed by atoms with van der Waals surface area (Å²) in [6, 6.07) is 7.68. The lowest BCUT2D eigenvalue weighted by Gasteiger charge is -2.30. The fourth-order valence-electron chi connectivity index (χ4n) is 2.68. The molecule has 0 saturated carbocycles. The van der Waals surface area contributed by atoms with E-state index in [1.165, 1.54) is 11.3 Å². The van der Waals surface area contributed by atoms with Gasteiger partial charge in [-0.2, -0.15) is 0 Å². The molecule has 2 aromatic rings. The molecule has 23 heavy (non-hydrogen) atoms. The first-order chi connectivity index (χ1) is 11.1. The number of likely N-dealkylation sites (tertiary alicyclic amines) is 1. The predicted octanol–water partition coefficient (Wildman–Crippen LogP) is 4.28. The lowest BCUT2D eigenvalue weighted by atomic mass is 9.98. The van der Waals surface area contributed by atoms with Gasteiger partial charge >= 0.3 is 0 Å². The SMILES string of the molecule is CC1CCN(C(=O)c2ccc(NCc3cnc(Cl)s3)cc2)CC1. The van der Waals surface area contributed by atoms with Crippen molar-refractivity contribution < 1.29 is 4.79 Å². The van der Waals surface area contributed by atoms with Crippen LogP contribution < -0.4 is 5.32 Å². The number of piperidine rings is 1. The first-order valence-corrected chi connectivity index (χ1v) is 9.04. The summed E-state index contributed by atoms with van der Waals surface area (Å²) in [4.78, 5) is 19.5. The number of benzene rings is 1. The molecular weight excluding hydrogens is 330 g/mol. The van der Waals surface area contributed by atoms with Gasteiger partial charge in [0.2, 0.25) is 0 Å². The third-order valence-corrected chi connectivity index (χ3v) is 5.31. The second kappa shape index (κ2) is 7.32. The van der Waals surface area contributed by atoms with Crippen LogP contribution >= 0.6 is 22.9 Å². The highest BCUT2D eigenvalue weighted by Gasteiger charge is 2.21. The van der Waals surface area contributed by atoms with E-state index >= 15 is 0 Å². The van der Waals surface area contributed by atoms with Gasteiger partial charge < -0.3 is 10.2 Å². The third-order valence-electron chi connectivity index (χ3n) is 4.19. The van der Waals surface area contributed by atoms with Crippen LogP contribution in [-0.2, 0) is 6.54 Å². The van der Waals surface area contributed by atoms with Gasteiger partial charge in [0.15, 0.2) is 4.47 Å². The Hall–Kier alpha value is -1.59. The molecule has 0 radical (unpaired) electrons. The zero-order valence-corrected chi connectivity index (χ0v) is 14.7. The molecule has 1 N–H and O–H groups in total. The molecule has 0 unspecified atom stereocenters. The van der Waals surface area contributed by atoms with Crippen molar-refractivity contribution in [2.45, 2.75) is 26.3 Å². The number of rotatable bonds is 4. The minimum Gasteiger partial charge on any atom is -0.380 e. The summed E-state index contributed by atoms with van der Waals surface area (Å²) in [6.45, 7) is 4.67. The van der Waals surface area contributed by atoms with Gasteiger partial charge in [-0.05, 0) is 43.0 Å². The lowest BCUT2D eigenvalue weighted by molar-refractivity contribution is 0.0697. The highest BCUT2D eigenvalue weighted by atomic mass is 35.5. The fourth-order valence-corrected chi connectivity index (χ4v) is 3.60. The Balaban J connectivity index is 1.57. The second-order valence-corrected chi connectivity index (χ2v) is 7.68. The molecule has 0 bridgehead atoms. The number of nitrogens with one attached hydrogen (secondary N) is 1. The van der Waals surface area contributed by atoms with E-state index in [2.05, 4.69) is 17.2 Å². The van der Waals surface area contributed by atoms with E-state index in [9.17, 15) is 4.79 Å². The number of hydrogen-bond donors (Lipinski definition) is 1. The molecule has 3 rings (SSSR count). The summed E-state index contributed by atoms with van der Waals surface area (Å²) < 4.78 is 0.554. The smallest absolute Gasteiger partial charge is 0.253 e. The van der Waals surface area contributed by atoms with E-state index in [4.69, 9.17) is 11.6 Å². The van der Waals surface area contributed by atoms with Crippen molar-refractivity contribution in [3.05, 3.63) is 45.4 Å². The summed E-state index contributed by atoms with van der Waals surface area (Å²) in [7, 11) is 0. The van der Waals surface area contributed by atoms with Crippen molar-refractivity contribution in [1.29, 1.82) is 0 Å². The van der Waals surface area contributed by atoms with Crippen LogP contribution in [0.25, 0.3) is 0 Å². The van der Waals surface area contributed by atoms with E-state index in [-0.39, 0.29) is 5.91 Å². The van der Waals surface area contributed by atoms with E-state index in [1.54, 1.807) is 6.20 Å². The second-order valence-electron chi connectivity index (χ2n) is 5.99. The standard InChI is InChI=1S/C17H20ClN3OS/c1-12-6-8-21(9-7-12)16(22)13-2-4-14(5-3-13)19-10-15-11-20-17(18)23-15/h2-5,11-12,19H,6-10H2,1H3. The highest BCUT2D eigenvalue weighted by molar-refractivity contribution is 7.15. The maximum absolute atomic E-state index is 12.5. The van der Waals surface area contributed by atoms with Crippen LogP contribution in [0, 0.1) is 5.92 Å². The summed E-state index contributed by atoms with van der Waals surface area (Å²) in [5.41, 5.74) is 1.74. The highest BCUT2D eigenvalue weighted by Crippen LogP contribution is 2.21. The van der Waals surface area contributed by atoms with Crippen LogP contribution in [0.5, 0.6) is 0 Å². The number of hydrogen-bond acceptors (Lipinski definition) is 4. The first kappa shape index (κ1) is 16.3. The molecule has 0 atom stereocenters. The van der Waals surface area contributed by atoms with Gasteiger partial charge in [0.25, 0.3) is 5.91 Å². The van der Waals surface area contributed by atoms with Crippen molar-refractivity contribution in [2.24, 2.45) is 5.92 Å². The van der Waals surface area contributed by atoms with Crippen molar-refractivity contribution in [3.8, 4) is 0 Å². The minimum atomic E-state index is 0.137. The number of nitrogens with zero attached hydrogens (tertiary/aromatic N) is 2. The minimum absolute atomic E-state index is 0.137. The molecule has 1 saturated heterocycles. The lowest BCUT2D eigenvalue weighted by Crippen LogP contribution is -2.37. The topological polar surface area (TPSA) is 45.2 Å². The number of anilines is 1. The molecule has 1 aromatic heterocycles. The van der Waals surface area contributed by atoms with Crippen LogP contribution in [0.15, 0.2) is 30.5 Å². The van der Waals surface area contributed by atoms with Crippen molar-refractivity contribution in [1.82, 2.24) is 9.88 Å². The maximum Gasteiger partial charge on any atom is 0.253 e. The van der Waals surface area contributed by atoms with Crippen LogP contribution in [0.2, 0.25) is 4.47 Å². The van der Waals surface area contributed by atoms with Crippen molar-refractivity contribution >= 4 is 34.5 Å². The number of thiazole rings is 1. The van der Waals surface area contributed by atoms with Gasteiger partial charge in [-0.1, -0.05) is 18.5 Å². The van der Waals surface area contributed by atoms with Crippen LogP contribution in [0.4, 0.5) is 5.69 Å². The van der Waals surface area contributed by atoms with Crippen LogP contribution in [0.1, 0.15) is 35.0 Å². The summed E-state index contributed by atoms with van der Waals surface area (Å²) in [5.74, 6) is 0.864. The van der Waals surface area contributed by atoms with Crippen molar-refractivity contribution in [2.75, 3.05) is 18.4 Å². The average molecular weight is 350 g/mol. The summed E-state index contributed by atoms with van der Waals surface area (Å²) >= 11 is 7.28. The summed E-state index contributed by atoms with van der Waals surface area (Å²) in [5, 5.41) is 3.31. The van der Waals surface area contributed by atoms with Gasteiger partial charge in [0.1, 0.15) is 0 Å². The Morgan fingerprint density at radius 1 is 1.35 bits per heavy atom. The third kappa shape index (κ3) is 4.24. The molecule has 1 aromatic carbocycles. The summed E-state index contributed by atoms with van der Waals surface area (Å²) in [6.07, 6.45) is 3.97. The molecule has 1 fully saturated rings. The molecule has 4 nitrogen and oxygen atoms in total. The Morgan fingerprint density at radius 2 is 2.04 bits per heavy atom. The molecule has 0 aliphatic carbocycles. The number of amides is 1. The Kier molecular flexibility index (Phi) is 5.18. The van der Waals surface area contributed by atoms with E-state index in [0.29, 0.717) is 11.0 Å². The van der Waals surface area contributed by atoms with E-state index in [0.717, 1.165) is 48.0 Å². The monoisotopic (exact) mass is 349 g/mol. The molecule has 0 spiro atoms. The molecular formula is C17H20ClN3OS. The number of carbonyl (C=O) groups excluding carboxylic acids is 1. The zero-order valence-electron chi connectivity index (χ0n) is 13.1. The molecule has 1 amide bonds. The average Bonchev–Trinajstić information content (AvgIpc) is 2.99. The quantitative estimate of drug-likeness (QED) is 0.896. The molecule has 6 heteroatoms. The van der Waals surface area contributed by atoms with Crippen LogP contribution in [-0.4, -0.2) is 28.9 Å². The maximum atomic E-state index is 12.5. The molecule has 1 aliphatic heterocycles. The predicted molar refractivity (Wildman–Crippen MR) is 95.2 cm³/mol. The van der Waals surface area contributed by atoms with Gasteiger partial charge in [0.05, 0.1) is 6.54 Å². The Morgan fingerprint density at radius 3 is 2.65 bits per heavy atom. The largest absolute Gasteiger partial charge is 0.380 e.